The summed E-state index contributed by atoms with van der Waals surface area (Å²) in [6.07, 6.45) is 3.76. The second kappa shape index (κ2) is 4.91. The molecule has 3 heteroatoms. The topological polar surface area (TPSA) is 38.9 Å². The Kier molecular flexibility index (Phi) is 3.83. The first-order chi connectivity index (χ1) is 7.06. The van der Waals surface area contributed by atoms with Gasteiger partial charge in [0, 0.05) is 5.56 Å². The summed E-state index contributed by atoms with van der Waals surface area (Å²) in [5, 5.41) is 0. The zero-order valence-electron chi connectivity index (χ0n) is 9.20. The van der Waals surface area contributed by atoms with Crippen molar-refractivity contribution in [1.82, 2.24) is 4.98 Å². The molecule has 1 atom stereocenters. The van der Waals surface area contributed by atoms with Gasteiger partial charge in [-0.05, 0) is 24.3 Å². The van der Waals surface area contributed by atoms with Gasteiger partial charge in [0.2, 0.25) is 0 Å². The van der Waals surface area contributed by atoms with Crippen LogP contribution < -0.4 is 5.73 Å². The van der Waals surface area contributed by atoms with Crippen molar-refractivity contribution in [2.24, 2.45) is 5.92 Å². The zero-order chi connectivity index (χ0) is 11.4. The van der Waals surface area contributed by atoms with Crippen molar-refractivity contribution in [2.45, 2.75) is 26.2 Å². The highest BCUT2D eigenvalue weighted by Crippen LogP contribution is 2.31. The third kappa shape index (κ3) is 2.78. The summed E-state index contributed by atoms with van der Waals surface area (Å²) in [5.41, 5.74) is 6.53. The molecule has 1 aromatic heterocycles. The molecule has 0 aliphatic rings. The summed E-state index contributed by atoms with van der Waals surface area (Å²) in [6, 6.07) is 1.47. The number of allylic oxidation sites excluding steroid dienone is 1. The molecule has 1 heterocycles. The van der Waals surface area contributed by atoms with Crippen LogP contribution in [-0.4, -0.2) is 4.98 Å². The quantitative estimate of drug-likeness (QED) is 0.772. The molecule has 82 valence electrons. The van der Waals surface area contributed by atoms with E-state index in [0.717, 1.165) is 18.2 Å². The molecule has 0 radical (unpaired) electrons. The SMILES string of the molecule is C=CC[C@H](c1cc(F)cnc1N)C(C)C. The average Bonchev–Trinajstić information content (AvgIpc) is 2.18. The first-order valence-corrected chi connectivity index (χ1v) is 5.08. The molecule has 15 heavy (non-hydrogen) atoms. The lowest BCUT2D eigenvalue weighted by atomic mass is 9.86. The molecule has 1 aromatic rings. The number of aromatic nitrogens is 1. The van der Waals surface area contributed by atoms with Crippen molar-refractivity contribution >= 4 is 5.82 Å². The van der Waals surface area contributed by atoms with Crippen LogP contribution in [0.1, 0.15) is 31.7 Å². The van der Waals surface area contributed by atoms with E-state index in [0.29, 0.717) is 11.7 Å². The molecule has 0 spiro atoms. The Bertz CT molecular complexity index is 347. The predicted molar refractivity (Wildman–Crippen MR) is 61.0 cm³/mol. The highest BCUT2D eigenvalue weighted by atomic mass is 19.1. The highest BCUT2D eigenvalue weighted by molar-refractivity contribution is 5.42. The number of nitrogen functional groups attached to an aromatic ring is 1. The molecule has 0 aromatic carbocycles. The van der Waals surface area contributed by atoms with Crippen molar-refractivity contribution in [3.63, 3.8) is 0 Å². The Morgan fingerprint density at radius 3 is 2.80 bits per heavy atom. The lowest BCUT2D eigenvalue weighted by Gasteiger charge is -2.20. The predicted octanol–water partition coefficient (Wildman–Crippen LogP) is 3.12. The maximum absolute atomic E-state index is 13.1. The molecule has 2 N–H and O–H groups in total. The third-order valence-corrected chi connectivity index (χ3v) is 2.54. The summed E-state index contributed by atoms with van der Waals surface area (Å²) >= 11 is 0. The van der Waals surface area contributed by atoms with Crippen LogP contribution in [0.2, 0.25) is 0 Å². The Hall–Kier alpha value is -1.38. The van der Waals surface area contributed by atoms with Gasteiger partial charge in [-0.1, -0.05) is 19.9 Å². The van der Waals surface area contributed by atoms with Crippen LogP contribution in [0.3, 0.4) is 0 Å². The lowest BCUT2D eigenvalue weighted by molar-refractivity contribution is 0.498. The van der Waals surface area contributed by atoms with Gasteiger partial charge in [0.1, 0.15) is 11.6 Å². The minimum absolute atomic E-state index is 0.186. The fraction of sp³-hybridized carbons (Fsp3) is 0.417. The number of hydrogen-bond donors (Lipinski definition) is 1. The molecule has 0 bridgehead atoms. The fourth-order valence-corrected chi connectivity index (χ4v) is 1.70. The van der Waals surface area contributed by atoms with Crippen LogP contribution in [0.15, 0.2) is 24.9 Å². The molecular weight excluding hydrogens is 191 g/mol. The number of nitrogens with two attached hydrogens (primary N) is 1. The van der Waals surface area contributed by atoms with E-state index in [2.05, 4.69) is 25.4 Å². The van der Waals surface area contributed by atoms with Crippen LogP contribution >= 0.6 is 0 Å². The first kappa shape index (κ1) is 11.7. The molecule has 2 nitrogen and oxygen atoms in total. The maximum Gasteiger partial charge on any atom is 0.141 e. The van der Waals surface area contributed by atoms with Gasteiger partial charge in [0.05, 0.1) is 6.20 Å². The van der Waals surface area contributed by atoms with Crippen LogP contribution in [0, 0.1) is 11.7 Å². The van der Waals surface area contributed by atoms with Crippen molar-refractivity contribution in [2.75, 3.05) is 5.73 Å². The monoisotopic (exact) mass is 208 g/mol. The van der Waals surface area contributed by atoms with Crippen molar-refractivity contribution in [3.8, 4) is 0 Å². The minimum atomic E-state index is -0.339. The van der Waals surface area contributed by atoms with E-state index in [1.807, 2.05) is 6.08 Å². The molecule has 0 aliphatic carbocycles. The smallest absolute Gasteiger partial charge is 0.141 e. The first-order valence-electron chi connectivity index (χ1n) is 5.08. The largest absolute Gasteiger partial charge is 0.383 e. The molecule has 0 amide bonds. The molecule has 0 aliphatic heterocycles. The van der Waals surface area contributed by atoms with Crippen molar-refractivity contribution in [3.05, 3.63) is 36.3 Å². The number of pyridine rings is 1. The Labute approximate surface area is 90.0 Å². The molecule has 0 fully saturated rings. The molecule has 1 rings (SSSR count). The van der Waals surface area contributed by atoms with E-state index in [1.165, 1.54) is 6.07 Å². The Morgan fingerprint density at radius 2 is 2.27 bits per heavy atom. The van der Waals surface area contributed by atoms with Gasteiger partial charge in [-0.25, -0.2) is 9.37 Å². The summed E-state index contributed by atoms with van der Waals surface area (Å²) < 4.78 is 13.1. The fourth-order valence-electron chi connectivity index (χ4n) is 1.70. The standard InChI is InChI=1S/C12H17FN2/c1-4-5-10(8(2)3)11-6-9(13)7-15-12(11)14/h4,6-8,10H,1,5H2,2-3H3,(H2,14,15)/t10-/m0/s1. The minimum Gasteiger partial charge on any atom is -0.383 e. The van der Waals surface area contributed by atoms with Gasteiger partial charge < -0.3 is 5.73 Å². The Balaban J connectivity index is 3.09. The van der Waals surface area contributed by atoms with E-state index < -0.39 is 0 Å². The van der Waals surface area contributed by atoms with Crippen molar-refractivity contribution in [1.29, 1.82) is 0 Å². The normalized spacial score (nSPS) is 12.8. The Morgan fingerprint density at radius 1 is 1.60 bits per heavy atom. The third-order valence-electron chi connectivity index (χ3n) is 2.54. The highest BCUT2D eigenvalue weighted by Gasteiger charge is 2.18. The number of rotatable bonds is 4. The number of nitrogens with zero attached hydrogens (tertiary/aromatic N) is 1. The second-order valence-electron chi connectivity index (χ2n) is 4.00. The van der Waals surface area contributed by atoms with E-state index in [9.17, 15) is 4.39 Å². The van der Waals surface area contributed by atoms with Crippen LogP contribution in [-0.2, 0) is 0 Å². The van der Waals surface area contributed by atoms with E-state index in [4.69, 9.17) is 5.73 Å². The van der Waals surface area contributed by atoms with Gasteiger partial charge in [0.15, 0.2) is 0 Å². The maximum atomic E-state index is 13.1. The summed E-state index contributed by atoms with van der Waals surface area (Å²) in [7, 11) is 0. The van der Waals surface area contributed by atoms with E-state index in [-0.39, 0.29) is 11.7 Å². The van der Waals surface area contributed by atoms with Gasteiger partial charge in [-0.2, -0.15) is 0 Å². The second-order valence-corrected chi connectivity index (χ2v) is 4.00. The van der Waals surface area contributed by atoms with Crippen molar-refractivity contribution < 1.29 is 4.39 Å². The van der Waals surface area contributed by atoms with Gasteiger partial charge >= 0.3 is 0 Å². The number of anilines is 1. The van der Waals surface area contributed by atoms with E-state index >= 15 is 0 Å². The van der Waals surface area contributed by atoms with E-state index in [1.54, 1.807) is 0 Å². The van der Waals surface area contributed by atoms with Gasteiger partial charge in [-0.15, -0.1) is 6.58 Å². The summed E-state index contributed by atoms with van der Waals surface area (Å²) in [6.45, 7) is 7.87. The molecule has 0 saturated carbocycles. The molecular formula is C12H17FN2. The molecule has 0 saturated heterocycles. The number of halogens is 1. The summed E-state index contributed by atoms with van der Waals surface area (Å²) in [5.74, 6) is 0.644. The zero-order valence-corrected chi connectivity index (χ0v) is 9.20. The van der Waals surface area contributed by atoms with Gasteiger partial charge in [-0.3, -0.25) is 0 Å². The average molecular weight is 208 g/mol. The summed E-state index contributed by atoms with van der Waals surface area (Å²) in [4.78, 5) is 3.83. The van der Waals surface area contributed by atoms with Crippen LogP contribution in [0.25, 0.3) is 0 Å². The van der Waals surface area contributed by atoms with Gasteiger partial charge in [0.25, 0.3) is 0 Å². The van der Waals surface area contributed by atoms with Crippen LogP contribution in [0.5, 0.6) is 0 Å². The lowest BCUT2D eigenvalue weighted by Crippen LogP contribution is -2.10. The van der Waals surface area contributed by atoms with Crippen LogP contribution in [0.4, 0.5) is 10.2 Å². The molecule has 0 unspecified atom stereocenters. The number of hydrogen-bond acceptors (Lipinski definition) is 2.